The van der Waals surface area contributed by atoms with Crippen LogP contribution >= 0.6 is 15.6 Å². The summed E-state index contributed by atoms with van der Waals surface area (Å²) in [6, 6.07) is 0. The monoisotopic (exact) mass is 1600 g/mol. The van der Waals surface area contributed by atoms with Crippen molar-refractivity contribution in [2.24, 2.45) is 17.8 Å². The van der Waals surface area contributed by atoms with E-state index in [9.17, 15) is 43.2 Å². The van der Waals surface area contributed by atoms with E-state index in [4.69, 9.17) is 37.0 Å². The molecule has 3 N–H and O–H groups in total. The average Bonchev–Trinajstić information content (AvgIpc) is 0.901. The van der Waals surface area contributed by atoms with E-state index in [-0.39, 0.29) is 25.7 Å². The van der Waals surface area contributed by atoms with Crippen LogP contribution in [-0.4, -0.2) is 96.7 Å². The Morgan fingerprint density at radius 3 is 0.809 bits per heavy atom. The molecule has 0 aromatic carbocycles. The molecule has 0 bridgehead atoms. The molecule has 0 saturated heterocycles. The van der Waals surface area contributed by atoms with Gasteiger partial charge in [0, 0.05) is 25.7 Å². The van der Waals surface area contributed by atoms with Crippen molar-refractivity contribution in [1.29, 1.82) is 0 Å². The summed E-state index contributed by atoms with van der Waals surface area (Å²) in [7, 11) is -9.95. The first kappa shape index (κ1) is 108. The molecule has 650 valence electrons. The SMILES string of the molecule is CCCCCC/C=C\C=C/CCCCCCCC(=O)O[C@H](COC(=O)CCCCCCCCCCCC(C)C)COP(=O)(O)OC[C@H](O)COP(=O)(O)OC[C@@H](COC(=O)CCCCCCCCCCCCCCCCCCCCC(C)C)OC(=O)CCCCCCCCCCCCCCCCCCCCC(C)CC. The van der Waals surface area contributed by atoms with Crippen molar-refractivity contribution < 1.29 is 80.2 Å². The molecule has 0 aliphatic rings. The van der Waals surface area contributed by atoms with E-state index >= 15 is 0 Å². The number of phosphoric acid groups is 2. The molecule has 0 aliphatic carbocycles. The number of aliphatic hydroxyl groups excluding tert-OH is 1. The molecule has 0 aromatic rings. The van der Waals surface area contributed by atoms with Gasteiger partial charge < -0.3 is 33.8 Å². The maximum Gasteiger partial charge on any atom is 0.472 e. The second-order valence-electron chi connectivity index (χ2n) is 33.2. The summed E-state index contributed by atoms with van der Waals surface area (Å²) >= 11 is 0. The maximum atomic E-state index is 13.2. The molecule has 0 aromatic heterocycles. The number of allylic oxidation sites excluding steroid dienone is 4. The number of phosphoric ester groups is 2. The lowest BCUT2D eigenvalue weighted by molar-refractivity contribution is -0.161. The van der Waals surface area contributed by atoms with Gasteiger partial charge in [-0.25, -0.2) is 9.13 Å². The Hall–Kier alpha value is -2.46. The fourth-order valence-electron chi connectivity index (χ4n) is 13.7. The second-order valence-corrected chi connectivity index (χ2v) is 36.1. The van der Waals surface area contributed by atoms with Crippen molar-refractivity contribution in [3.05, 3.63) is 24.3 Å². The van der Waals surface area contributed by atoms with Crippen LogP contribution in [0.3, 0.4) is 0 Å². The number of ether oxygens (including phenoxy) is 4. The third-order valence-electron chi connectivity index (χ3n) is 21.1. The van der Waals surface area contributed by atoms with Gasteiger partial charge in [0.05, 0.1) is 26.4 Å². The lowest BCUT2D eigenvalue weighted by atomic mass is 9.99. The summed E-state index contributed by atoms with van der Waals surface area (Å²) in [5.41, 5.74) is 0. The zero-order chi connectivity index (χ0) is 80.8. The van der Waals surface area contributed by atoms with Crippen LogP contribution < -0.4 is 0 Å². The topological polar surface area (TPSA) is 237 Å². The molecular formula is C91H174O17P2. The zero-order valence-corrected chi connectivity index (χ0v) is 74.0. The molecule has 6 atom stereocenters. The summed E-state index contributed by atoms with van der Waals surface area (Å²) in [4.78, 5) is 73.4. The van der Waals surface area contributed by atoms with Gasteiger partial charge in [0.15, 0.2) is 12.2 Å². The number of carbonyl (C=O) groups excluding carboxylic acids is 4. The van der Waals surface area contributed by atoms with E-state index in [1.807, 2.05) is 0 Å². The van der Waals surface area contributed by atoms with Gasteiger partial charge in [-0.05, 0) is 69.1 Å². The molecule has 0 aliphatic heterocycles. The van der Waals surface area contributed by atoms with Crippen LogP contribution in [0.2, 0.25) is 0 Å². The van der Waals surface area contributed by atoms with Crippen molar-refractivity contribution in [1.82, 2.24) is 0 Å². The molecular weight excluding hydrogens is 1430 g/mol. The quantitative estimate of drug-likeness (QED) is 0.0169. The van der Waals surface area contributed by atoms with Gasteiger partial charge in [0.1, 0.15) is 19.3 Å². The van der Waals surface area contributed by atoms with Gasteiger partial charge >= 0.3 is 39.5 Å². The Balaban J connectivity index is 5.27. The molecule has 110 heavy (non-hydrogen) atoms. The first-order chi connectivity index (χ1) is 53.3. The highest BCUT2D eigenvalue weighted by molar-refractivity contribution is 7.47. The third kappa shape index (κ3) is 82.1. The molecule has 0 rings (SSSR count). The predicted octanol–water partition coefficient (Wildman–Crippen LogP) is 27.6. The van der Waals surface area contributed by atoms with Gasteiger partial charge in [0.2, 0.25) is 0 Å². The zero-order valence-electron chi connectivity index (χ0n) is 72.2. The van der Waals surface area contributed by atoms with Crippen LogP contribution in [0.25, 0.3) is 0 Å². The fourth-order valence-corrected chi connectivity index (χ4v) is 15.3. The summed E-state index contributed by atoms with van der Waals surface area (Å²) < 4.78 is 69.0. The lowest BCUT2D eigenvalue weighted by Crippen LogP contribution is -2.30. The molecule has 0 saturated carbocycles. The number of unbranched alkanes of at least 4 members (excludes halogenated alkanes) is 51. The highest BCUT2D eigenvalue weighted by Crippen LogP contribution is 2.45. The van der Waals surface area contributed by atoms with Crippen molar-refractivity contribution in [3.8, 4) is 0 Å². The van der Waals surface area contributed by atoms with E-state index in [1.54, 1.807) is 0 Å². The van der Waals surface area contributed by atoms with Crippen LogP contribution in [0.5, 0.6) is 0 Å². The lowest BCUT2D eigenvalue weighted by Gasteiger charge is -2.21. The molecule has 19 heteroatoms. The van der Waals surface area contributed by atoms with E-state index in [0.29, 0.717) is 25.7 Å². The minimum absolute atomic E-state index is 0.0848. The molecule has 0 fully saturated rings. The predicted molar refractivity (Wildman–Crippen MR) is 455 cm³/mol. The Labute approximate surface area is 675 Å². The maximum absolute atomic E-state index is 13.2. The highest BCUT2D eigenvalue weighted by atomic mass is 31.2. The first-order valence-corrected chi connectivity index (χ1v) is 49.2. The van der Waals surface area contributed by atoms with E-state index < -0.39 is 97.5 Å². The standard InChI is InChI=1S/C91H174O17P2/c1-8-10-11-12-13-14-15-16-25-33-38-45-53-60-67-74-90(95)108-87(79-102-89(94)73-66-59-52-47-40-42-49-56-63-70-83(5)6)81-106-110(99,100)104-77-85(92)76-103-109(97,98)105-80-86(78-101-88(93)72-65-58-51-44-37-32-28-23-19-17-21-26-30-35-41-48-55-62-69-82(3)4)107-91(96)75-68-61-54-46-39-34-29-24-20-18-22-27-31-36-43-50-57-64-71-84(7)9-2/h14-16,25,82-87,92H,8-13,17-24,26-81H2,1-7H3,(H,97,98)(H,99,100)/b15-14-,25-16-/t84?,85-,86-,87-/m1/s1. The number of aliphatic hydroxyl groups is 1. The highest BCUT2D eigenvalue weighted by Gasteiger charge is 2.31. The fraction of sp³-hybridized carbons (Fsp3) is 0.912. The molecule has 0 amide bonds. The van der Waals surface area contributed by atoms with Gasteiger partial charge in [0.25, 0.3) is 0 Å². The molecule has 0 heterocycles. The van der Waals surface area contributed by atoms with Crippen LogP contribution in [0.1, 0.15) is 459 Å². The van der Waals surface area contributed by atoms with Gasteiger partial charge in [-0.2, -0.15) is 0 Å². The number of carbonyl (C=O) groups is 4. The minimum atomic E-state index is -4.97. The number of esters is 4. The normalized spacial score (nSPS) is 14.2. The summed E-state index contributed by atoms with van der Waals surface area (Å²) in [5, 5.41) is 10.7. The Kier molecular flexibility index (Phi) is 78.5. The van der Waals surface area contributed by atoms with E-state index in [1.165, 1.54) is 257 Å². The van der Waals surface area contributed by atoms with Gasteiger partial charge in [-0.3, -0.25) is 37.3 Å². The Morgan fingerprint density at radius 2 is 0.536 bits per heavy atom. The summed E-state index contributed by atoms with van der Waals surface area (Å²) in [6.45, 7) is 12.0. The minimum Gasteiger partial charge on any atom is -0.462 e. The summed E-state index contributed by atoms with van der Waals surface area (Å²) in [5.74, 6) is 0.303. The van der Waals surface area contributed by atoms with Crippen LogP contribution in [0, 0.1) is 17.8 Å². The molecule has 0 radical (unpaired) electrons. The van der Waals surface area contributed by atoms with E-state index in [0.717, 1.165) is 120 Å². The summed E-state index contributed by atoms with van der Waals surface area (Å²) in [6.07, 6.45) is 75.9. The van der Waals surface area contributed by atoms with Gasteiger partial charge in [-0.15, -0.1) is 0 Å². The first-order valence-electron chi connectivity index (χ1n) is 46.2. The largest absolute Gasteiger partial charge is 0.472 e. The number of hydrogen-bond donors (Lipinski definition) is 3. The van der Waals surface area contributed by atoms with Crippen molar-refractivity contribution in [2.45, 2.75) is 478 Å². The molecule has 3 unspecified atom stereocenters. The van der Waals surface area contributed by atoms with Crippen molar-refractivity contribution in [2.75, 3.05) is 39.6 Å². The van der Waals surface area contributed by atoms with Crippen LogP contribution in [0.15, 0.2) is 24.3 Å². The Bertz CT molecular complexity index is 2210. The molecule has 17 nitrogen and oxygen atoms in total. The van der Waals surface area contributed by atoms with Crippen LogP contribution in [-0.2, 0) is 65.4 Å². The second kappa shape index (κ2) is 80.3. The smallest absolute Gasteiger partial charge is 0.462 e. The van der Waals surface area contributed by atoms with Crippen molar-refractivity contribution >= 4 is 39.5 Å². The van der Waals surface area contributed by atoms with Gasteiger partial charge in [-0.1, -0.05) is 407 Å². The average molecular weight is 1600 g/mol. The Morgan fingerprint density at radius 1 is 0.300 bits per heavy atom. The molecule has 0 spiro atoms. The van der Waals surface area contributed by atoms with E-state index in [2.05, 4.69) is 72.8 Å². The number of hydrogen-bond acceptors (Lipinski definition) is 15. The number of rotatable bonds is 87. The third-order valence-corrected chi connectivity index (χ3v) is 23.0. The van der Waals surface area contributed by atoms with Crippen LogP contribution in [0.4, 0.5) is 0 Å². The van der Waals surface area contributed by atoms with Crippen molar-refractivity contribution in [3.63, 3.8) is 0 Å².